The standard InChI is InChI=1S/C14H16N6S/c1(9-5-16-7-18-9)4-17-13-12-10-2-3-15-6-11(10)21-14(12)20-8-19-13/h5,7-8,15H,1-4,6H2,(H,16,18)(H,17,19,20). The highest BCUT2D eigenvalue weighted by Crippen LogP contribution is 2.35. The van der Waals surface area contributed by atoms with Crippen molar-refractivity contribution in [3.63, 3.8) is 0 Å². The number of H-pyrrole nitrogens is 1. The normalized spacial score (nSPS) is 14.3. The van der Waals surface area contributed by atoms with Crippen LogP contribution < -0.4 is 10.6 Å². The Bertz CT molecular complexity index is 748. The van der Waals surface area contributed by atoms with E-state index in [-0.39, 0.29) is 0 Å². The van der Waals surface area contributed by atoms with Crippen LogP contribution in [0.5, 0.6) is 0 Å². The molecule has 0 amide bonds. The van der Waals surface area contributed by atoms with E-state index in [2.05, 4.69) is 30.6 Å². The number of aromatic nitrogens is 4. The Morgan fingerprint density at radius 3 is 3.24 bits per heavy atom. The Balaban J connectivity index is 1.60. The Hall–Kier alpha value is -1.99. The van der Waals surface area contributed by atoms with Crippen LogP contribution in [-0.2, 0) is 19.4 Å². The molecule has 7 heteroatoms. The first-order valence-corrected chi connectivity index (χ1v) is 7.90. The third-order valence-corrected chi connectivity index (χ3v) is 4.89. The summed E-state index contributed by atoms with van der Waals surface area (Å²) in [6.45, 7) is 2.81. The van der Waals surface area contributed by atoms with E-state index in [1.165, 1.54) is 15.8 Å². The van der Waals surface area contributed by atoms with Gasteiger partial charge in [-0.3, -0.25) is 0 Å². The average Bonchev–Trinajstić information content (AvgIpc) is 3.14. The zero-order chi connectivity index (χ0) is 14.1. The van der Waals surface area contributed by atoms with E-state index in [0.29, 0.717) is 0 Å². The summed E-state index contributed by atoms with van der Waals surface area (Å²) in [5, 5.41) is 8.08. The number of rotatable bonds is 4. The number of aromatic amines is 1. The topological polar surface area (TPSA) is 78.5 Å². The van der Waals surface area contributed by atoms with Gasteiger partial charge in [-0.2, -0.15) is 0 Å². The van der Waals surface area contributed by atoms with Gasteiger partial charge in [0.2, 0.25) is 0 Å². The molecule has 6 nitrogen and oxygen atoms in total. The Labute approximate surface area is 126 Å². The van der Waals surface area contributed by atoms with E-state index in [4.69, 9.17) is 0 Å². The van der Waals surface area contributed by atoms with Gasteiger partial charge in [0.15, 0.2) is 0 Å². The first kappa shape index (κ1) is 12.7. The molecule has 0 bridgehead atoms. The highest BCUT2D eigenvalue weighted by molar-refractivity contribution is 7.18. The van der Waals surface area contributed by atoms with Crippen molar-refractivity contribution in [2.45, 2.75) is 19.4 Å². The molecule has 4 rings (SSSR count). The van der Waals surface area contributed by atoms with Gasteiger partial charge in [-0.25, -0.2) is 15.0 Å². The number of hydrogen-bond donors (Lipinski definition) is 3. The Morgan fingerprint density at radius 2 is 2.33 bits per heavy atom. The van der Waals surface area contributed by atoms with E-state index in [1.54, 1.807) is 24.0 Å². The van der Waals surface area contributed by atoms with Crippen molar-refractivity contribution in [2.75, 3.05) is 18.4 Å². The molecule has 4 heterocycles. The number of imidazole rings is 1. The summed E-state index contributed by atoms with van der Waals surface area (Å²) in [7, 11) is 0. The molecule has 0 atom stereocenters. The highest BCUT2D eigenvalue weighted by atomic mass is 32.1. The lowest BCUT2D eigenvalue weighted by Gasteiger charge is -2.13. The number of nitrogens with one attached hydrogen (secondary N) is 3. The summed E-state index contributed by atoms with van der Waals surface area (Å²) in [5.74, 6) is 0.957. The van der Waals surface area contributed by atoms with Gasteiger partial charge < -0.3 is 15.6 Å². The maximum absolute atomic E-state index is 4.44. The fraction of sp³-hybridized carbons (Fsp3) is 0.357. The molecule has 3 aromatic rings. The van der Waals surface area contributed by atoms with Gasteiger partial charge in [0.1, 0.15) is 17.0 Å². The van der Waals surface area contributed by atoms with Crippen LogP contribution in [0.3, 0.4) is 0 Å². The number of hydrogen-bond acceptors (Lipinski definition) is 6. The van der Waals surface area contributed by atoms with Crippen LogP contribution >= 0.6 is 11.3 Å². The molecule has 0 aromatic carbocycles. The number of fused-ring (bicyclic) bond motifs is 3. The van der Waals surface area contributed by atoms with Crippen LogP contribution in [0.4, 0.5) is 5.82 Å². The van der Waals surface area contributed by atoms with Gasteiger partial charge in [0.25, 0.3) is 0 Å². The maximum atomic E-state index is 4.44. The molecule has 21 heavy (non-hydrogen) atoms. The fourth-order valence-corrected chi connectivity index (χ4v) is 3.89. The molecule has 3 aromatic heterocycles. The lowest BCUT2D eigenvalue weighted by Crippen LogP contribution is -2.22. The number of anilines is 1. The molecular formula is C14H16N6S. The molecule has 0 unspecified atom stereocenters. The van der Waals surface area contributed by atoms with Crippen molar-refractivity contribution in [1.82, 2.24) is 25.3 Å². The van der Waals surface area contributed by atoms with Gasteiger partial charge in [-0.05, 0) is 18.5 Å². The van der Waals surface area contributed by atoms with Crippen LogP contribution in [0.25, 0.3) is 10.2 Å². The summed E-state index contributed by atoms with van der Waals surface area (Å²) < 4.78 is 0. The molecular weight excluding hydrogens is 284 g/mol. The van der Waals surface area contributed by atoms with Gasteiger partial charge in [0.05, 0.1) is 11.7 Å². The molecule has 0 fully saturated rings. The van der Waals surface area contributed by atoms with Gasteiger partial charge in [-0.15, -0.1) is 11.3 Å². The first-order chi connectivity index (χ1) is 10.4. The predicted molar refractivity (Wildman–Crippen MR) is 83.6 cm³/mol. The minimum absolute atomic E-state index is 0.831. The molecule has 0 saturated heterocycles. The second-order valence-corrected chi connectivity index (χ2v) is 6.17. The lowest BCUT2D eigenvalue weighted by atomic mass is 10.1. The van der Waals surface area contributed by atoms with Crippen LogP contribution in [0.2, 0.25) is 0 Å². The minimum Gasteiger partial charge on any atom is -0.369 e. The monoisotopic (exact) mass is 300 g/mol. The van der Waals surface area contributed by atoms with E-state index < -0.39 is 0 Å². The summed E-state index contributed by atoms with van der Waals surface area (Å²) in [6.07, 6.45) is 7.17. The Morgan fingerprint density at radius 1 is 1.33 bits per heavy atom. The van der Waals surface area contributed by atoms with Crippen LogP contribution in [0.1, 0.15) is 16.1 Å². The molecule has 108 valence electrons. The van der Waals surface area contributed by atoms with Gasteiger partial charge in [-0.1, -0.05) is 0 Å². The van der Waals surface area contributed by atoms with Crippen LogP contribution in [0.15, 0.2) is 18.9 Å². The summed E-state index contributed by atoms with van der Waals surface area (Å²) in [4.78, 5) is 18.5. The average molecular weight is 300 g/mol. The zero-order valence-electron chi connectivity index (χ0n) is 11.5. The summed E-state index contributed by atoms with van der Waals surface area (Å²) >= 11 is 1.78. The Kier molecular flexibility index (Phi) is 3.28. The zero-order valence-corrected chi connectivity index (χ0v) is 12.3. The molecule has 0 spiro atoms. The molecule has 0 radical (unpaired) electrons. The largest absolute Gasteiger partial charge is 0.369 e. The van der Waals surface area contributed by atoms with Crippen molar-refractivity contribution < 1.29 is 0 Å². The van der Waals surface area contributed by atoms with Crippen molar-refractivity contribution in [3.8, 4) is 0 Å². The molecule has 1 aliphatic heterocycles. The minimum atomic E-state index is 0.831. The fourth-order valence-electron chi connectivity index (χ4n) is 2.73. The SMILES string of the molecule is c1nc(NCCc2cnc[nH]2)c2c3c(sc2n1)CNCC3. The van der Waals surface area contributed by atoms with E-state index in [0.717, 1.165) is 48.8 Å². The smallest absolute Gasteiger partial charge is 0.138 e. The van der Waals surface area contributed by atoms with Crippen molar-refractivity contribution in [1.29, 1.82) is 0 Å². The molecule has 0 saturated carbocycles. The van der Waals surface area contributed by atoms with Crippen molar-refractivity contribution in [3.05, 3.63) is 35.0 Å². The quantitative estimate of drug-likeness (QED) is 0.684. The predicted octanol–water partition coefficient (Wildman–Crippen LogP) is 1.71. The molecule has 3 N–H and O–H groups in total. The third-order valence-electron chi connectivity index (χ3n) is 3.75. The molecule has 0 aliphatic carbocycles. The van der Waals surface area contributed by atoms with E-state index in [1.807, 2.05) is 6.20 Å². The van der Waals surface area contributed by atoms with E-state index >= 15 is 0 Å². The summed E-state index contributed by atoms with van der Waals surface area (Å²) in [6, 6.07) is 0. The number of thiophene rings is 1. The molecule has 1 aliphatic rings. The lowest BCUT2D eigenvalue weighted by molar-refractivity contribution is 0.657. The van der Waals surface area contributed by atoms with Crippen LogP contribution in [0, 0.1) is 0 Å². The number of nitrogens with zero attached hydrogens (tertiary/aromatic N) is 3. The van der Waals surface area contributed by atoms with Crippen molar-refractivity contribution >= 4 is 27.4 Å². The first-order valence-electron chi connectivity index (χ1n) is 7.09. The highest BCUT2D eigenvalue weighted by Gasteiger charge is 2.19. The van der Waals surface area contributed by atoms with Gasteiger partial charge in [0, 0.05) is 36.3 Å². The van der Waals surface area contributed by atoms with Gasteiger partial charge >= 0.3 is 0 Å². The third kappa shape index (κ3) is 2.38. The van der Waals surface area contributed by atoms with Crippen molar-refractivity contribution in [2.24, 2.45) is 0 Å². The van der Waals surface area contributed by atoms with Crippen LogP contribution in [-0.4, -0.2) is 33.0 Å². The second-order valence-electron chi connectivity index (χ2n) is 5.09. The maximum Gasteiger partial charge on any atom is 0.138 e. The second kappa shape index (κ2) is 5.42. The summed E-state index contributed by atoms with van der Waals surface area (Å²) in [5.41, 5.74) is 2.54. The van der Waals surface area contributed by atoms with E-state index in [9.17, 15) is 0 Å².